The number of para-hydroxylation sites is 1. The first-order chi connectivity index (χ1) is 21.3. The van der Waals surface area contributed by atoms with Gasteiger partial charge in [-0.3, -0.25) is 9.59 Å². The van der Waals surface area contributed by atoms with Crippen LogP contribution in [0.15, 0.2) is 72.8 Å². The molecule has 2 saturated heterocycles. The molecule has 4 aromatic rings. The van der Waals surface area contributed by atoms with Crippen molar-refractivity contribution in [3.8, 4) is 6.07 Å². The van der Waals surface area contributed by atoms with Crippen molar-refractivity contribution in [2.75, 3.05) is 31.1 Å². The molecule has 5 N–H and O–H groups in total. The topological polar surface area (TPSA) is 165 Å². The first-order valence-corrected chi connectivity index (χ1v) is 14.9. The first kappa shape index (κ1) is 28.9. The predicted octanol–water partition coefficient (Wildman–Crippen LogP) is 2.53. The molecule has 2 fully saturated rings. The van der Waals surface area contributed by atoms with Crippen LogP contribution in [-0.2, 0) is 29.1 Å². The summed E-state index contributed by atoms with van der Waals surface area (Å²) in [5.74, 6) is -0.509. The van der Waals surface area contributed by atoms with Crippen molar-refractivity contribution in [1.29, 1.82) is 5.26 Å². The number of nitrogens with zero attached hydrogens (tertiary/aromatic N) is 6. The highest BCUT2D eigenvalue weighted by molar-refractivity contribution is 7.22. The van der Waals surface area contributed by atoms with Crippen molar-refractivity contribution in [2.24, 2.45) is 0 Å². The van der Waals surface area contributed by atoms with Gasteiger partial charge in [-0.2, -0.15) is 10.3 Å². The monoisotopic (exact) mass is 609 g/mol. The molecule has 0 radical (unpaired) electrons. The molecule has 2 atom stereocenters. The number of hydrogen-bond acceptors (Lipinski definition) is 9. The smallest absolute Gasteiger partial charge is 0.333 e. The van der Waals surface area contributed by atoms with Gasteiger partial charge in [0, 0.05) is 25.2 Å². The van der Waals surface area contributed by atoms with Gasteiger partial charge in [0.1, 0.15) is 18.8 Å². The second-order valence-electron chi connectivity index (χ2n) is 10.7. The number of fused-ring (bicyclic) bond motifs is 2. The number of nitrogens with two attached hydrogens (primary N) is 2. The van der Waals surface area contributed by atoms with E-state index in [2.05, 4.69) is 16.4 Å². The van der Waals surface area contributed by atoms with E-state index in [4.69, 9.17) is 11.5 Å². The molecule has 0 unspecified atom stereocenters. The molecule has 3 aromatic carbocycles. The highest BCUT2D eigenvalue weighted by atomic mass is 32.1. The van der Waals surface area contributed by atoms with E-state index in [-0.39, 0.29) is 51.0 Å². The number of anilines is 2. The Labute approximate surface area is 258 Å². The Kier molecular flexibility index (Phi) is 8.01. The van der Waals surface area contributed by atoms with Crippen LogP contribution in [0.2, 0.25) is 0 Å². The quantitative estimate of drug-likeness (QED) is 0.203. The summed E-state index contributed by atoms with van der Waals surface area (Å²) in [6.07, 6.45) is -0.410. The van der Waals surface area contributed by atoms with E-state index >= 15 is 0 Å². The molecule has 2 aliphatic heterocycles. The lowest BCUT2D eigenvalue weighted by molar-refractivity contribution is -0.157. The third-order valence-corrected chi connectivity index (χ3v) is 8.76. The molecule has 2 aliphatic rings. The standard InChI is InChI=1S/C31H31N9O3S/c32-13-14-38(31(43)35-16-21-5-2-1-3-6-21)39-19-27(41)40-24(15-20-9-11-23(33)12-10-20)29(42)37(18-26(39)40)17-22-7-4-8-25-28(22)36-30(34)44-25/h1-12,24,26H,14-19,33H2,(H2,34,36)(H,35,43)/t24-,26+/m0/s1. The fourth-order valence-corrected chi connectivity index (χ4v) is 6.62. The zero-order chi connectivity index (χ0) is 30.8. The molecule has 6 rings (SSSR count). The van der Waals surface area contributed by atoms with Crippen LogP contribution < -0.4 is 16.8 Å². The summed E-state index contributed by atoms with van der Waals surface area (Å²) in [6, 6.07) is 23.1. The number of amides is 4. The summed E-state index contributed by atoms with van der Waals surface area (Å²) in [4.78, 5) is 48.9. The number of thiazole rings is 1. The number of nitrogens with one attached hydrogen (secondary N) is 1. The van der Waals surface area contributed by atoms with E-state index in [0.717, 1.165) is 26.9 Å². The Morgan fingerprint density at radius 1 is 1.05 bits per heavy atom. The van der Waals surface area contributed by atoms with Gasteiger partial charge in [-0.25, -0.2) is 14.8 Å². The molecule has 0 saturated carbocycles. The van der Waals surface area contributed by atoms with Gasteiger partial charge < -0.3 is 26.6 Å². The maximum absolute atomic E-state index is 14.1. The number of rotatable bonds is 8. The summed E-state index contributed by atoms with van der Waals surface area (Å²) < 4.78 is 0.914. The highest BCUT2D eigenvalue weighted by Gasteiger charge is 2.52. The number of nitriles is 1. The zero-order valence-corrected chi connectivity index (χ0v) is 24.6. The minimum absolute atomic E-state index is 0.132. The molecular formula is C31H31N9O3S. The minimum Gasteiger partial charge on any atom is -0.399 e. The largest absolute Gasteiger partial charge is 0.399 e. The van der Waals surface area contributed by atoms with Crippen LogP contribution in [0.3, 0.4) is 0 Å². The number of aromatic nitrogens is 1. The maximum Gasteiger partial charge on any atom is 0.333 e. The number of nitrogen functional groups attached to an aromatic ring is 2. The molecule has 13 heteroatoms. The van der Waals surface area contributed by atoms with E-state index in [9.17, 15) is 19.6 Å². The number of benzene rings is 3. The van der Waals surface area contributed by atoms with Crippen molar-refractivity contribution in [3.05, 3.63) is 89.5 Å². The fraction of sp³-hybridized carbons (Fsp3) is 0.258. The summed E-state index contributed by atoms with van der Waals surface area (Å²) in [5.41, 5.74) is 15.8. The van der Waals surface area contributed by atoms with Gasteiger partial charge in [0.15, 0.2) is 5.13 Å². The van der Waals surface area contributed by atoms with Gasteiger partial charge in [-0.05, 0) is 34.9 Å². The number of urea groups is 1. The van der Waals surface area contributed by atoms with Gasteiger partial charge in [-0.1, -0.05) is 65.9 Å². The summed E-state index contributed by atoms with van der Waals surface area (Å²) in [5, 5.41) is 15.8. The minimum atomic E-state index is -0.828. The molecule has 1 aromatic heterocycles. The number of hydrazine groups is 1. The Morgan fingerprint density at radius 2 is 1.82 bits per heavy atom. The summed E-state index contributed by atoms with van der Waals surface area (Å²) >= 11 is 1.37. The van der Waals surface area contributed by atoms with Crippen LogP contribution in [0.25, 0.3) is 10.2 Å². The third kappa shape index (κ3) is 5.72. The first-order valence-electron chi connectivity index (χ1n) is 14.1. The molecule has 0 aliphatic carbocycles. The van der Waals surface area contributed by atoms with Crippen LogP contribution in [0.5, 0.6) is 0 Å². The second-order valence-corrected chi connectivity index (χ2v) is 11.8. The Hall–Kier alpha value is -5.19. The van der Waals surface area contributed by atoms with E-state index in [1.165, 1.54) is 16.3 Å². The molecule has 0 spiro atoms. The van der Waals surface area contributed by atoms with Crippen molar-refractivity contribution in [2.45, 2.75) is 31.7 Å². The van der Waals surface area contributed by atoms with Crippen LogP contribution in [0, 0.1) is 11.3 Å². The van der Waals surface area contributed by atoms with E-state index in [1.54, 1.807) is 26.9 Å². The SMILES string of the molecule is N#CCN(C(=O)NCc1ccccc1)N1CC(=O)N2[C@@H](Cc3ccc(N)cc3)C(=O)N(Cc3cccc4sc(N)nc34)C[C@@H]21. The highest BCUT2D eigenvalue weighted by Crippen LogP contribution is 2.32. The van der Waals surface area contributed by atoms with Gasteiger partial charge in [0.25, 0.3) is 0 Å². The van der Waals surface area contributed by atoms with Crippen LogP contribution in [0.1, 0.15) is 16.7 Å². The van der Waals surface area contributed by atoms with E-state index < -0.39 is 18.2 Å². The van der Waals surface area contributed by atoms with Crippen molar-refractivity contribution < 1.29 is 14.4 Å². The molecule has 4 amide bonds. The van der Waals surface area contributed by atoms with Gasteiger partial charge in [0.05, 0.1) is 29.4 Å². The second kappa shape index (κ2) is 12.2. The van der Waals surface area contributed by atoms with E-state index in [0.29, 0.717) is 10.8 Å². The number of hydrogen-bond donors (Lipinski definition) is 3. The lowest BCUT2D eigenvalue weighted by atomic mass is 9.99. The van der Waals surface area contributed by atoms with Gasteiger partial charge in [0.2, 0.25) is 11.8 Å². The average Bonchev–Trinajstić information content (AvgIpc) is 3.57. The summed E-state index contributed by atoms with van der Waals surface area (Å²) in [7, 11) is 0. The average molecular weight is 610 g/mol. The lowest BCUT2D eigenvalue weighted by Gasteiger charge is -2.46. The normalized spacial score (nSPS) is 18.3. The Bertz CT molecular complexity index is 1740. The van der Waals surface area contributed by atoms with Gasteiger partial charge >= 0.3 is 6.03 Å². The predicted molar refractivity (Wildman–Crippen MR) is 166 cm³/mol. The molecule has 3 heterocycles. The van der Waals surface area contributed by atoms with Gasteiger partial charge in [-0.15, -0.1) is 0 Å². The lowest BCUT2D eigenvalue weighted by Crippen LogP contribution is -2.66. The third-order valence-electron chi connectivity index (χ3n) is 7.91. The molecule has 12 nitrogen and oxygen atoms in total. The van der Waals surface area contributed by atoms with Crippen molar-refractivity contribution in [3.63, 3.8) is 0 Å². The van der Waals surface area contributed by atoms with Crippen molar-refractivity contribution in [1.82, 2.24) is 30.1 Å². The molecule has 44 heavy (non-hydrogen) atoms. The van der Waals surface area contributed by atoms with Crippen molar-refractivity contribution >= 4 is 50.2 Å². The summed E-state index contributed by atoms with van der Waals surface area (Å²) in [6.45, 7) is 0.201. The number of carbonyl (C=O) groups excluding carboxylic acids is 3. The Balaban J connectivity index is 1.32. The van der Waals surface area contributed by atoms with E-state index in [1.807, 2.05) is 60.7 Å². The van der Waals surface area contributed by atoms with Crippen LogP contribution in [-0.4, -0.2) is 74.5 Å². The molecule has 224 valence electrons. The fourth-order valence-electron chi connectivity index (χ4n) is 5.83. The van der Waals surface area contributed by atoms with Crippen LogP contribution >= 0.6 is 11.3 Å². The number of piperazine rings is 1. The zero-order valence-electron chi connectivity index (χ0n) is 23.8. The molecule has 0 bridgehead atoms. The molecular weight excluding hydrogens is 578 g/mol. The number of carbonyl (C=O) groups is 3. The van der Waals surface area contributed by atoms with Crippen LogP contribution in [0.4, 0.5) is 15.6 Å². The Morgan fingerprint density at radius 3 is 2.57 bits per heavy atom. The maximum atomic E-state index is 14.1.